The van der Waals surface area contributed by atoms with Crippen molar-refractivity contribution in [2.24, 2.45) is 0 Å². The van der Waals surface area contributed by atoms with Crippen molar-refractivity contribution in [1.82, 2.24) is 4.98 Å². The molecule has 1 heterocycles. The van der Waals surface area contributed by atoms with Gasteiger partial charge in [-0.3, -0.25) is 0 Å². The molecule has 1 aromatic heterocycles. The smallest absolute Gasteiger partial charge is 0.214 e. The number of ether oxygens (including phenoxy) is 2. The van der Waals surface area contributed by atoms with Crippen LogP contribution in [-0.4, -0.2) is 18.9 Å². The predicted molar refractivity (Wildman–Crippen MR) is 49.4 cm³/mol. The molecule has 0 bridgehead atoms. The van der Waals surface area contributed by atoms with Gasteiger partial charge < -0.3 is 9.47 Å². The van der Waals surface area contributed by atoms with Crippen LogP contribution in [0.1, 0.15) is 0 Å². The van der Waals surface area contributed by atoms with E-state index in [4.69, 9.17) is 4.74 Å². The van der Waals surface area contributed by atoms with Gasteiger partial charge in [-0.15, -0.1) is 0 Å². The Morgan fingerprint density at radius 2 is 2.33 bits per heavy atom. The maximum Gasteiger partial charge on any atom is 0.214 e. The zero-order chi connectivity index (χ0) is 8.97. The summed E-state index contributed by atoms with van der Waals surface area (Å²) < 4.78 is 22.7. The van der Waals surface area contributed by atoms with Gasteiger partial charge in [-0.1, -0.05) is 0 Å². The van der Waals surface area contributed by atoms with Gasteiger partial charge in [0.25, 0.3) is 0 Å². The zero-order valence-electron chi connectivity index (χ0n) is 6.38. The molecular weight excluding hydrogens is 276 g/mol. The van der Waals surface area contributed by atoms with Crippen molar-refractivity contribution >= 4 is 22.6 Å². The molecule has 0 fully saturated rings. The first-order chi connectivity index (χ1) is 5.74. The van der Waals surface area contributed by atoms with Gasteiger partial charge >= 0.3 is 0 Å². The van der Waals surface area contributed by atoms with E-state index >= 15 is 0 Å². The Labute approximate surface area is 83.0 Å². The molecule has 0 aliphatic carbocycles. The predicted octanol–water partition coefficient (Wildman–Crippen LogP) is 1.81. The Bertz CT molecular complexity index is 270. The zero-order valence-corrected chi connectivity index (χ0v) is 8.54. The van der Waals surface area contributed by atoms with Crippen molar-refractivity contribution in [3.8, 4) is 5.75 Å². The Balaban J connectivity index is 2.72. The van der Waals surface area contributed by atoms with Crippen molar-refractivity contribution in [3.63, 3.8) is 0 Å². The molecule has 3 nitrogen and oxygen atoms in total. The number of hydrogen-bond donors (Lipinski definition) is 0. The van der Waals surface area contributed by atoms with Crippen molar-refractivity contribution in [3.05, 3.63) is 21.8 Å². The lowest BCUT2D eigenvalue weighted by Gasteiger charge is -2.04. The van der Waals surface area contributed by atoms with Crippen LogP contribution in [0.4, 0.5) is 4.39 Å². The molecule has 0 N–H and O–H groups in total. The SMILES string of the molecule is COCOc1ccc(F)nc1I. The van der Waals surface area contributed by atoms with Gasteiger partial charge in [0, 0.05) is 7.11 Å². The summed E-state index contributed by atoms with van der Waals surface area (Å²) in [5, 5.41) is 0. The fourth-order valence-electron chi connectivity index (χ4n) is 0.629. The van der Waals surface area contributed by atoms with E-state index in [2.05, 4.69) is 9.72 Å². The standard InChI is InChI=1S/C7H7FINO2/c1-11-4-12-5-2-3-6(8)10-7(5)9/h2-3H,4H2,1H3. The van der Waals surface area contributed by atoms with E-state index in [1.165, 1.54) is 19.2 Å². The Hall–Kier alpha value is -0.430. The molecule has 66 valence electrons. The fourth-order valence-corrected chi connectivity index (χ4v) is 1.20. The summed E-state index contributed by atoms with van der Waals surface area (Å²) in [6.45, 7) is 0.142. The molecule has 0 atom stereocenters. The van der Waals surface area contributed by atoms with Crippen LogP contribution in [0.25, 0.3) is 0 Å². The van der Waals surface area contributed by atoms with E-state index in [9.17, 15) is 4.39 Å². The third-order valence-corrected chi connectivity index (χ3v) is 1.89. The van der Waals surface area contributed by atoms with E-state index in [1.54, 1.807) is 0 Å². The molecule has 12 heavy (non-hydrogen) atoms. The summed E-state index contributed by atoms with van der Waals surface area (Å²) in [4.78, 5) is 3.57. The van der Waals surface area contributed by atoms with Crippen molar-refractivity contribution in [2.45, 2.75) is 0 Å². The Morgan fingerprint density at radius 1 is 1.58 bits per heavy atom. The number of nitrogens with zero attached hydrogens (tertiary/aromatic N) is 1. The highest BCUT2D eigenvalue weighted by atomic mass is 127. The van der Waals surface area contributed by atoms with E-state index in [0.717, 1.165) is 0 Å². The molecular formula is C7H7FINO2. The number of pyridine rings is 1. The second-order valence-corrected chi connectivity index (χ2v) is 3.00. The summed E-state index contributed by atoms with van der Waals surface area (Å²) in [6, 6.07) is 2.76. The number of aromatic nitrogens is 1. The molecule has 0 aliphatic rings. The van der Waals surface area contributed by atoms with Gasteiger partial charge in [-0.25, -0.2) is 4.98 Å². The molecule has 0 saturated heterocycles. The molecule has 1 rings (SSSR count). The van der Waals surface area contributed by atoms with Crippen LogP contribution >= 0.6 is 22.6 Å². The summed E-state index contributed by atoms with van der Waals surface area (Å²) in [5.41, 5.74) is 0. The highest BCUT2D eigenvalue weighted by molar-refractivity contribution is 14.1. The molecule has 1 aromatic rings. The molecule has 0 radical (unpaired) electrons. The van der Waals surface area contributed by atoms with Crippen LogP contribution in [0.3, 0.4) is 0 Å². The van der Waals surface area contributed by atoms with Crippen molar-refractivity contribution < 1.29 is 13.9 Å². The average molecular weight is 283 g/mol. The first-order valence-corrected chi connectivity index (χ1v) is 4.25. The maximum atomic E-state index is 12.5. The lowest BCUT2D eigenvalue weighted by molar-refractivity contribution is 0.0500. The number of rotatable bonds is 3. The normalized spacial score (nSPS) is 9.92. The first kappa shape index (κ1) is 9.66. The highest BCUT2D eigenvalue weighted by Gasteiger charge is 2.02. The summed E-state index contributed by atoms with van der Waals surface area (Å²) in [6.07, 6.45) is 0. The molecule has 0 unspecified atom stereocenters. The Kier molecular flexibility index (Phi) is 3.67. The van der Waals surface area contributed by atoms with E-state index < -0.39 is 5.95 Å². The molecule has 0 saturated carbocycles. The number of halogens is 2. The second kappa shape index (κ2) is 4.56. The lowest BCUT2D eigenvalue weighted by atomic mass is 10.5. The molecule has 0 aromatic carbocycles. The highest BCUT2D eigenvalue weighted by Crippen LogP contribution is 2.18. The summed E-state index contributed by atoms with van der Waals surface area (Å²) in [5.74, 6) is 0.0167. The average Bonchev–Trinajstić information content (AvgIpc) is 2.03. The quantitative estimate of drug-likeness (QED) is 0.481. The summed E-state index contributed by atoms with van der Waals surface area (Å²) in [7, 11) is 1.52. The van der Waals surface area contributed by atoms with Gasteiger partial charge in [-0.05, 0) is 34.7 Å². The van der Waals surface area contributed by atoms with Gasteiger partial charge in [0.2, 0.25) is 5.95 Å². The van der Waals surface area contributed by atoms with E-state index in [0.29, 0.717) is 9.45 Å². The molecule has 5 heteroatoms. The van der Waals surface area contributed by atoms with Gasteiger partial charge in [-0.2, -0.15) is 4.39 Å². The second-order valence-electron chi connectivity index (χ2n) is 1.97. The number of hydrogen-bond acceptors (Lipinski definition) is 3. The maximum absolute atomic E-state index is 12.5. The van der Waals surface area contributed by atoms with Crippen LogP contribution in [0.5, 0.6) is 5.75 Å². The largest absolute Gasteiger partial charge is 0.465 e. The molecule has 0 amide bonds. The van der Waals surface area contributed by atoms with E-state index in [-0.39, 0.29) is 6.79 Å². The van der Waals surface area contributed by atoms with Crippen LogP contribution in [-0.2, 0) is 4.74 Å². The van der Waals surface area contributed by atoms with E-state index in [1.807, 2.05) is 22.6 Å². The van der Waals surface area contributed by atoms with Crippen molar-refractivity contribution in [2.75, 3.05) is 13.9 Å². The number of methoxy groups -OCH3 is 1. The van der Waals surface area contributed by atoms with Crippen LogP contribution in [0.15, 0.2) is 12.1 Å². The van der Waals surface area contributed by atoms with Gasteiger partial charge in [0.15, 0.2) is 12.5 Å². The van der Waals surface area contributed by atoms with Crippen LogP contribution in [0, 0.1) is 9.65 Å². The minimum Gasteiger partial charge on any atom is -0.465 e. The fraction of sp³-hybridized carbons (Fsp3) is 0.286. The van der Waals surface area contributed by atoms with Crippen molar-refractivity contribution in [1.29, 1.82) is 0 Å². The summed E-state index contributed by atoms with van der Waals surface area (Å²) >= 11 is 1.89. The third kappa shape index (κ3) is 2.56. The van der Waals surface area contributed by atoms with Gasteiger partial charge in [0.05, 0.1) is 0 Å². The van der Waals surface area contributed by atoms with Gasteiger partial charge in [0.1, 0.15) is 3.70 Å². The minimum atomic E-state index is -0.510. The lowest BCUT2D eigenvalue weighted by Crippen LogP contribution is -2.01. The molecule has 0 spiro atoms. The minimum absolute atomic E-state index is 0.142. The third-order valence-electron chi connectivity index (χ3n) is 1.11. The monoisotopic (exact) mass is 283 g/mol. The first-order valence-electron chi connectivity index (χ1n) is 3.18. The van der Waals surface area contributed by atoms with Crippen LogP contribution in [0.2, 0.25) is 0 Å². The molecule has 0 aliphatic heterocycles. The van der Waals surface area contributed by atoms with Crippen LogP contribution < -0.4 is 4.74 Å². The topological polar surface area (TPSA) is 31.4 Å². The Morgan fingerprint density at radius 3 is 2.92 bits per heavy atom.